The summed E-state index contributed by atoms with van der Waals surface area (Å²) >= 11 is 15.4. The van der Waals surface area contributed by atoms with E-state index in [0.717, 1.165) is 6.42 Å². The molecule has 1 N–H and O–H groups in total. The van der Waals surface area contributed by atoms with Crippen molar-refractivity contribution in [2.75, 3.05) is 0 Å². The summed E-state index contributed by atoms with van der Waals surface area (Å²) in [5.74, 6) is -0.171. The standard InChI is InChI=1S/C4H8Cl2NOPS/c1-2-3-4(8)7-9(5,6)10/h2-3H2,1H3,(H,7,8,10). The molecule has 0 heterocycles. The van der Waals surface area contributed by atoms with E-state index in [0.29, 0.717) is 6.42 Å². The minimum atomic E-state index is -2.57. The molecule has 0 aliphatic heterocycles. The molecule has 0 saturated carbocycles. The zero-order valence-corrected chi connectivity index (χ0v) is 8.66. The fourth-order valence-corrected chi connectivity index (χ4v) is 1.70. The van der Waals surface area contributed by atoms with Crippen LogP contribution in [0.1, 0.15) is 19.8 Å². The molecule has 6 heteroatoms. The number of rotatable bonds is 3. The Morgan fingerprint density at radius 2 is 2.20 bits per heavy atom. The van der Waals surface area contributed by atoms with E-state index in [4.69, 9.17) is 22.5 Å². The second-order valence-corrected chi connectivity index (χ2v) is 9.30. The molecule has 0 rings (SSSR count). The molecule has 0 aliphatic carbocycles. The van der Waals surface area contributed by atoms with Crippen LogP contribution in [-0.2, 0) is 16.6 Å². The molecule has 0 fully saturated rings. The van der Waals surface area contributed by atoms with Crippen molar-refractivity contribution in [2.45, 2.75) is 19.8 Å². The van der Waals surface area contributed by atoms with Crippen molar-refractivity contribution in [1.82, 2.24) is 5.09 Å². The van der Waals surface area contributed by atoms with Gasteiger partial charge in [-0.05, 0) is 40.7 Å². The zero-order chi connectivity index (χ0) is 8.20. The van der Waals surface area contributed by atoms with E-state index in [9.17, 15) is 4.79 Å². The van der Waals surface area contributed by atoms with Crippen LogP contribution in [0.4, 0.5) is 0 Å². The van der Waals surface area contributed by atoms with Gasteiger partial charge in [-0.2, -0.15) is 0 Å². The largest absolute Gasteiger partial charge is 0.305 e. The van der Waals surface area contributed by atoms with E-state index < -0.39 is 4.89 Å². The van der Waals surface area contributed by atoms with Crippen LogP contribution in [0.2, 0.25) is 0 Å². The smallest absolute Gasteiger partial charge is 0.225 e. The van der Waals surface area contributed by atoms with Crippen LogP contribution < -0.4 is 5.09 Å². The zero-order valence-electron chi connectivity index (χ0n) is 5.43. The summed E-state index contributed by atoms with van der Waals surface area (Å²) in [4.78, 5) is 8.17. The second kappa shape index (κ2) is 4.55. The summed E-state index contributed by atoms with van der Waals surface area (Å²) in [5.41, 5.74) is 0. The summed E-state index contributed by atoms with van der Waals surface area (Å²) in [5, 5.41) is 2.34. The summed E-state index contributed by atoms with van der Waals surface area (Å²) < 4.78 is 0. The molecule has 0 saturated heterocycles. The fourth-order valence-electron chi connectivity index (χ4n) is 0.428. The third-order valence-electron chi connectivity index (χ3n) is 0.732. The van der Waals surface area contributed by atoms with E-state index in [1.165, 1.54) is 0 Å². The Balaban J connectivity index is 3.70. The molecule has 0 spiro atoms. The molecule has 0 aromatic rings. The van der Waals surface area contributed by atoms with Crippen molar-refractivity contribution in [3.8, 4) is 0 Å². The Hall–Kier alpha value is 0.700. The third kappa shape index (κ3) is 6.81. The number of halogens is 2. The highest BCUT2D eigenvalue weighted by Crippen LogP contribution is 2.52. The maximum Gasteiger partial charge on any atom is 0.225 e. The van der Waals surface area contributed by atoms with Crippen molar-refractivity contribution in [3.63, 3.8) is 0 Å². The van der Waals surface area contributed by atoms with E-state index in [2.05, 4.69) is 16.9 Å². The predicted molar refractivity (Wildman–Crippen MR) is 49.0 cm³/mol. The topological polar surface area (TPSA) is 29.1 Å². The van der Waals surface area contributed by atoms with E-state index >= 15 is 0 Å². The van der Waals surface area contributed by atoms with Crippen molar-refractivity contribution in [2.24, 2.45) is 0 Å². The highest BCUT2D eigenvalue weighted by molar-refractivity contribution is 8.38. The van der Waals surface area contributed by atoms with Crippen LogP contribution >= 0.6 is 27.4 Å². The minimum absolute atomic E-state index is 0.171. The molecule has 10 heavy (non-hydrogen) atoms. The lowest BCUT2D eigenvalue weighted by atomic mass is 10.3. The van der Waals surface area contributed by atoms with Gasteiger partial charge in [-0.25, -0.2) is 0 Å². The van der Waals surface area contributed by atoms with Gasteiger partial charge in [0.25, 0.3) is 0 Å². The average Bonchev–Trinajstić information content (AvgIpc) is 1.59. The van der Waals surface area contributed by atoms with Gasteiger partial charge in [0, 0.05) is 6.42 Å². The summed E-state index contributed by atoms with van der Waals surface area (Å²) in [6.07, 6.45) is 1.20. The third-order valence-corrected chi connectivity index (χ3v) is 2.02. The molecule has 0 unspecified atom stereocenters. The first-order valence-electron chi connectivity index (χ1n) is 2.76. The van der Waals surface area contributed by atoms with Crippen molar-refractivity contribution < 1.29 is 4.79 Å². The van der Waals surface area contributed by atoms with E-state index in [1.807, 2.05) is 6.92 Å². The lowest BCUT2D eigenvalue weighted by Crippen LogP contribution is -2.15. The van der Waals surface area contributed by atoms with Crippen molar-refractivity contribution in [1.29, 1.82) is 0 Å². The molecule has 0 aliphatic rings. The Morgan fingerprint density at radius 3 is 2.50 bits per heavy atom. The number of carbonyl (C=O) groups is 1. The lowest BCUT2D eigenvalue weighted by Gasteiger charge is -2.05. The van der Waals surface area contributed by atoms with Crippen LogP contribution in [0, 0.1) is 0 Å². The van der Waals surface area contributed by atoms with Crippen LogP contribution in [0.5, 0.6) is 0 Å². The summed E-state index contributed by atoms with van der Waals surface area (Å²) in [6.45, 7) is 1.89. The van der Waals surface area contributed by atoms with Gasteiger partial charge in [-0.15, -0.1) is 0 Å². The first kappa shape index (κ1) is 10.7. The number of carbonyl (C=O) groups excluding carboxylic acids is 1. The highest BCUT2D eigenvalue weighted by atomic mass is 35.9. The molecule has 0 radical (unpaired) electrons. The quantitative estimate of drug-likeness (QED) is 0.740. The number of nitrogens with one attached hydrogen (secondary N) is 1. The molecule has 60 valence electrons. The van der Waals surface area contributed by atoms with Gasteiger partial charge in [-0.3, -0.25) is 4.79 Å². The van der Waals surface area contributed by atoms with Gasteiger partial charge >= 0.3 is 0 Å². The SMILES string of the molecule is CCCC(=O)NP(=S)(Cl)Cl. The number of hydrogen-bond donors (Lipinski definition) is 1. The maximum absolute atomic E-state index is 10.7. The Bertz CT molecular complexity index is 169. The van der Waals surface area contributed by atoms with Crippen LogP contribution in [-0.4, -0.2) is 5.91 Å². The Labute approximate surface area is 74.9 Å². The monoisotopic (exact) mass is 219 g/mol. The normalized spacial score (nSPS) is 11.1. The molecule has 2 nitrogen and oxygen atoms in total. The minimum Gasteiger partial charge on any atom is -0.305 e. The van der Waals surface area contributed by atoms with Gasteiger partial charge in [-0.1, -0.05) is 6.92 Å². The van der Waals surface area contributed by atoms with E-state index in [-0.39, 0.29) is 5.91 Å². The van der Waals surface area contributed by atoms with Crippen LogP contribution in [0.15, 0.2) is 0 Å². The molecule has 0 atom stereocenters. The van der Waals surface area contributed by atoms with Gasteiger partial charge in [0.2, 0.25) is 10.8 Å². The number of hydrogen-bond acceptors (Lipinski definition) is 2. The lowest BCUT2D eigenvalue weighted by molar-refractivity contribution is -0.119. The Kier molecular flexibility index (Phi) is 4.87. The van der Waals surface area contributed by atoms with Gasteiger partial charge < -0.3 is 5.09 Å². The maximum atomic E-state index is 10.7. The van der Waals surface area contributed by atoms with Gasteiger partial charge in [0.05, 0.1) is 0 Å². The number of amides is 1. The predicted octanol–water partition coefficient (Wildman–Crippen LogP) is 2.60. The van der Waals surface area contributed by atoms with Crippen LogP contribution in [0.25, 0.3) is 0 Å². The van der Waals surface area contributed by atoms with Crippen molar-refractivity contribution >= 4 is 45.1 Å². The average molecular weight is 220 g/mol. The summed E-state index contributed by atoms with van der Waals surface area (Å²) in [6, 6.07) is 0. The molecule has 0 aromatic carbocycles. The Morgan fingerprint density at radius 1 is 1.70 bits per heavy atom. The highest BCUT2D eigenvalue weighted by Gasteiger charge is 2.10. The molecule has 0 bridgehead atoms. The van der Waals surface area contributed by atoms with E-state index in [1.54, 1.807) is 0 Å². The van der Waals surface area contributed by atoms with Crippen LogP contribution in [0.3, 0.4) is 0 Å². The van der Waals surface area contributed by atoms with Gasteiger partial charge in [0.15, 0.2) is 0 Å². The van der Waals surface area contributed by atoms with Gasteiger partial charge in [0.1, 0.15) is 0 Å². The first-order valence-corrected chi connectivity index (χ1v) is 7.37. The first-order chi connectivity index (χ1) is 4.45. The fraction of sp³-hybridized carbons (Fsp3) is 0.750. The summed E-state index contributed by atoms with van der Waals surface area (Å²) in [7, 11) is 0. The molecule has 1 amide bonds. The molecule has 0 aromatic heterocycles. The molecular formula is C4H8Cl2NOPS. The second-order valence-electron chi connectivity index (χ2n) is 1.75. The molecular weight excluding hydrogens is 212 g/mol. The van der Waals surface area contributed by atoms with Crippen molar-refractivity contribution in [3.05, 3.63) is 0 Å².